The number of phosphoric acid groups is 1. The van der Waals surface area contributed by atoms with Crippen LogP contribution >= 0.6 is 7.82 Å². The van der Waals surface area contributed by atoms with Gasteiger partial charge in [-0.15, -0.1) is 0 Å². The SMILES string of the molecule is CCCCCCCC(=O)O[C@H]1[C@H]2Oc3nc(=N)ccn3[C@@H]2O[C@@H]1COP(=O)(O)O. The Hall–Kier alpha value is -1.78. The summed E-state index contributed by atoms with van der Waals surface area (Å²) in [6, 6.07) is 1.61. The van der Waals surface area contributed by atoms with Gasteiger partial charge in [0.1, 0.15) is 6.10 Å². The molecule has 3 N–H and O–H groups in total. The maximum absolute atomic E-state index is 12.3. The van der Waals surface area contributed by atoms with Crippen LogP contribution in [0.15, 0.2) is 12.3 Å². The summed E-state index contributed by atoms with van der Waals surface area (Å²) in [7, 11) is -4.72. The van der Waals surface area contributed by atoms with E-state index in [1.54, 1.807) is 10.8 Å². The monoisotopic (exact) mass is 431 g/mol. The van der Waals surface area contributed by atoms with Crippen LogP contribution in [-0.2, 0) is 23.4 Å². The zero-order valence-corrected chi connectivity index (χ0v) is 17.0. The van der Waals surface area contributed by atoms with E-state index in [1.165, 1.54) is 6.07 Å². The van der Waals surface area contributed by atoms with Gasteiger partial charge in [-0.25, -0.2) is 4.57 Å². The van der Waals surface area contributed by atoms with Crippen LogP contribution in [-0.4, -0.2) is 50.2 Å². The van der Waals surface area contributed by atoms with E-state index in [1.807, 2.05) is 0 Å². The highest BCUT2D eigenvalue weighted by molar-refractivity contribution is 7.46. The summed E-state index contributed by atoms with van der Waals surface area (Å²) in [6.07, 6.45) is 3.40. The molecule has 0 aliphatic carbocycles. The molecule has 0 spiro atoms. The Balaban J connectivity index is 1.66. The number of unbranched alkanes of at least 4 members (excludes halogenated alkanes) is 4. The van der Waals surface area contributed by atoms with Crippen LogP contribution in [0.2, 0.25) is 0 Å². The van der Waals surface area contributed by atoms with Gasteiger partial charge in [0.05, 0.1) is 6.61 Å². The van der Waals surface area contributed by atoms with Gasteiger partial charge in [-0.2, -0.15) is 4.98 Å². The first-order valence-corrected chi connectivity index (χ1v) is 11.2. The van der Waals surface area contributed by atoms with E-state index in [0.29, 0.717) is 6.42 Å². The van der Waals surface area contributed by atoms with Crippen molar-refractivity contribution in [3.63, 3.8) is 0 Å². The van der Waals surface area contributed by atoms with Gasteiger partial charge < -0.3 is 24.0 Å². The second-order valence-corrected chi connectivity index (χ2v) is 8.29. The molecule has 11 nitrogen and oxygen atoms in total. The molecule has 0 bridgehead atoms. The molecule has 4 atom stereocenters. The number of ether oxygens (including phenoxy) is 3. The van der Waals surface area contributed by atoms with Crippen LogP contribution in [0.3, 0.4) is 0 Å². The summed E-state index contributed by atoms with van der Waals surface area (Å²) >= 11 is 0. The van der Waals surface area contributed by atoms with Crippen LogP contribution in [0.1, 0.15) is 51.7 Å². The smallest absolute Gasteiger partial charge is 0.455 e. The van der Waals surface area contributed by atoms with Gasteiger partial charge in [-0.3, -0.25) is 19.3 Å². The first-order valence-electron chi connectivity index (χ1n) is 9.64. The zero-order valence-electron chi connectivity index (χ0n) is 16.1. The van der Waals surface area contributed by atoms with E-state index in [-0.39, 0.29) is 17.9 Å². The molecular formula is C17H26N3O8P. The highest BCUT2D eigenvalue weighted by Gasteiger charge is 2.54. The third kappa shape index (κ3) is 5.64. The summed E-state index contributed by atoms with van der Waals surface area (Å²) in [5.74, 6) is -0.435. The molecule has 0 radical (unpaired) electrons. The van der Waals surface area contributed by atoms with Gasteiger partial charge in [-0.1, -0.05) is 32.6 Å². The van der Waals surface area contributed by atoms with Gasteiger partial charge in [-0.05, 0) is 12.5 Å². The van der Waals surface area contributed by atoms with Gasteiger partial charge in [0.25, 0.3) is 0 Å². The van der Waals surface area contributed by atoms with Crippen LogP contribution in [0.5, 0.6) is 6.01 Å². The molecular weight excluding hydrogens is 405 g/mol. The van der Waals surface area contributed by atoms with E-state index in [4.69, 9.17) is 29.4 Å². The Kier molecular flexibility index (Phi) is 7.07. The Morgan fingerprint density at radius 2 is 2.10 bits per heavy atom. The minimum Gasteiger partial charge on any atom is -0.455 e. The van der Waals surface area contributed by atoms with Crippen molar-refractivity contribution in [3.8, 4) is 6.01 Å². The summed E-state index contributed by atoms with van der Waals surface area (Å²) in [5.41, 5.74) is 0.0123. The highest BCUT2D eigenvalue weighted by Crippen LogP contribution is 2.43. The molecule has 12 heteroatoms. The van der Waals surface area contributed by atoms with Crippen LogP contribution < -0.4 is 10.2 Å². The Morgan fingerprint density at radius 1 is 1.34 bits per heavy atom. The largest absolute Gasteiger partial charge is 0.469 e. The average Bonchev–Trinajstić information content (AvgIpc) is 3.15. The Labute approximate surface area is 167 Å². The van der Waals surface area contributed by atoms with Crippen molar-refractivity contribution in [1.82, 2.24) is 9.55 Å². The number of phosphoric ester groups is 1. The topological polar surface area (TPSA) is 153 Å². The van der Waals surface area contributed by atoms with Crippen LogP contribution in [0.4, 0.5) is 0 Å². The molecule has 0 aromatic carbocycles. The number of nitrogens with zero attached hydrogens (tertiary/aromatic N) is 2. The number of rotatable bonds is 10. The number of hydrogen-bond acceptors (Lipinski definition) is 8. The summed E-state index contributed by atoms with van der Waals surface area (Å²) in [4.78, 5) is 34.2. The number of aromatic nitrogens is 2. The van der Waals surface area contributed by atoms with Gasteiger partial charge >= 0.3 is 19.8 Å². The zero-order chi connectivity index (χ0) is 21.0. The fourth-order valence-corrected chi connectivity index (χ4v) is 3.74. The summed E-state index contributed by atoms with van der Waals surface area (Å²) < 4.78 is 34.3. The Bertz CT molecular complexity index is 825. The molecule has 29 heavy (non-hydrogen) atoms. The normalized spacial score (nSPS) is 25.3. The molecule has 1 aromatic heterocycles. The second kappa shape index (κ2) is 9.36. The number of fused-ring (bicyclic) bond motifs is 3. The first-order chi connectivity index (χ1) is 13.8. The molecule has 1 saturated heterocycles. The maximum Gasteiger partial charge on any atom is 0.469 e. The van der Waals surface area contributed by atoms with E-state index >= 15 is 0 Å². The van der Waals surface area contributed by atoms with Gasteiger partial charge in [0, 0.05) is 12.6 Å². The van der Waals surface area contributed by atoms with Crippen molar-refractivity contribution >= 4 is 13.8 Å². The standard InChI is InChI=1S/C17H26N3O8P/c1-2-3-4-5-6-7-13(21)27-14-11(10-25-29(22,23)24)26-16-15(14)28-17-19-12(18)8-9-20(16)17/h8-9,11,14-16,18H,2-7,10H2,1H3,(H2,22,23,24)/t11-,14-,15-,16-/m1/s1. The average molecular weight is 431 g/mol. The lowest BCUT2D eigenvalue weighted by atomic mass is 10.1. The first kappa shape index (κ1) is 21.9. The molecule has 2 aliphatic rings. The minimum atomic E-state index is -4.72. The number of hydrogen-bond donors (Lipinski definition) is 3. The van der Waals surface area contributed by atoms with Crippen molar-refractivity contribution < 1.29 is 37.9 Å². The summed E-state index contributed by atoms with van der Waals surface area (Å²) in [6.45, 7) is 1.65. The lowest BCUT2D eigenvalue weighted by molar-refractivity contribution is -0.156. The van der Waals surface area contributed by atoms with Crippen molar-refractivity contribution in [1.29, 1.82) is 5.41 Å². The van der Waals surface area contributed by atoms with Gasteiger partial charge in [0.15, 0.2) is 23.9 Å². The highest BCUT2D eigenvalue weighted by atomic mass is 31.2. The molecule has 1 aromatic rings. The molecule has 0 amide bonds. The predicted octanol–water partition coefficient (Wildman–Crippen LogP) is 1.40. The van der Waals surface area contributed by atoms with Crippen molar-refractivity contribution in [2.24, 2.45) is 0 Å². The second-order valence-electron chi connectivity index (χ2n) is 7.06. The Morgan fingerprint density at radius 3 is 2.83 bits per heavy atom. The fraction of sp³-hybridized carbons (Fsp3) is 0.706. The van der Waals surface area contributed by atoms with E-state index in [9.17, 15) is 9.36 Å². The third-order valence-electron chi connectivity index (χ3n) is 4.79. The van der Waals surface area contributed by atoms with Crippen LogP contribution in [0.25, 0.3) is 0 Å². The van der Waals surface area contributed by atoms with E-state index in [2.05, 4.69) is 16.4 Å². The lowest BCUT2D eigenvalue weighted by Crippen LogP contribution is -2.39. The lowest BCUT2D eigenvalue weighted by Gasteiger charge is -2.22. The quantitative estimate of drug-likeness (QED) is 0.283. The van der Waals surface area contributed by atoms with Crippen molar-refractivity contribution in [2.75, 3.05) is 6.61 Å². The third-order valence-corrected chi connectivity index (χ3v) is 5.28. The van der Waals surface area contributed by atoms with E-state index in [0.717, 1.165) is 25.7 Å². The number of carbonyl (C=O) groups excluding carboxylic acids is 1. The van der Waals surface area contributed by atoms with Gasteiger partial charge in [0.2, 0.25) is 0 Å². The van der Waals surface area contributed by atoms with Crippen LogP contribution in [0, 0.1) is 5.41 Å². The van der Waals surface area contributed by atoms with Crippen molar-refractivity contribution in [2.45, 2.75) is 70.0 Å². The molecule has 0 saturated carbocycles. The van der Waals surface area contributed by atoms with E-state index < -0.39 is 44.9 Å². The number of esters is 1. The fourth-order valence-electron chi connectivity index (χ4n) is 3.40. The molecule has 0 unspecified atom stereocenters. The predicted molar refractivity (Wildman–Crippen MR) is 97.7 cm³/mol. The summed E-state index contributed by atoms with van der Waals surface area (Å²) in [5, 5.41) is 7.59. The number of nitrogens with one attached hydrogen (secondary N) is 1. The molecule has 1 fully saturated rings. The molecule has 162 valence electrons. The molecule has 2 aliphatic heterocycles. The molecule has 3 heterocycles. The van der Waals surface area contributed by atoms with Crippen molar-refractivity contribution in [3.05, 3.63) is 17.8 Å². The number of carbonyl (C=O) groups is 1. The minimum absolute atomic E-state index is 0.0123. The molecule has 3 rings (SSSR count). The maximum atomic E-state index is 12.3.